The van der Waals surface area contributed by atoms with Crippen LogP contribution in [0.3, 0.4) is 0 Å². The number of nitrogen functional groups attached to an aromatic ring is 1. The van der Waals surface area contributed by atoms with Crippen LogP contribution in [0, 0.1) is 6.92 Å². The molecule has 0 bridgehead atoms. The SMILES string of the molecule is Cc1ccc(C(F)(F)F)cc1Nc1ncc(N)s1. The number of nitrogens with one attached hydrogen (secondary N) is 1. The summed E-state index contributed by atoms with van der Waals surface area (Å²) in [6.45, 7) is 1.72. The maximum absolute atomic E-state index is 12.6. The summed E-state index contributed by atoms with van der Waals surface area (Å²) in [7, 11) is 0. The van der Waals surface area contributed by atoms with Gasteiger partial charge >= 0.3 is 6.18 Å². The molecule has 0 saturated carbocycles. The normalized spacial score (nSPS) is 11.6. The molecule has 0 saturated heterocycles. The van der Waals surface area contributed by atoms with Gasteiger partial charge in [-0.3, -0.25) is 0 Å². The van der Waals surface area contributed by atoms with E-state index in [1.54, 1.807) is 6.92 Å². The Hall–Kier alpha value is -1.76. The largest absolute Gasteiger partial charge is 0.416 e. The van der Waals surface area contributed by atoms with Gasteiger partial charge in [-0.25, -0.2) is 4.98 Å². The first kappa shape index (κ1) is 12.7. The third-order valence-electron chi connectivity index (χ3n) is 2.33. The fraction of sp³-hybridized carbons (Fsp3) is 0.182. The topological polar surface area (TPSA) is 50.9 Å². The summed E-state index contributed by atoms with van der Waals surface area (Å²) in [6.07, 6.45) is -2.90. The first-order chi connectivity index (χ1) is 8.36. The monoisotopic (exact) mass is 273 g/mol. The van der Waals surface area contributed by atoms with Crippen LogP contribution in [0.25, 0.3) is 0 Å². The number of nitrogens with two attached hydrogens (primary N) is 1. The average molecular weight is 273 g/mol. The summed E-state index contributed by atoms with van der Waals surface area (Å²) >= 11 is 1.18. The second-order valence-electron chi connectivity index (χ2n) is 3.72. The van der Waals surface area contributed by atoms with Gasteiger partial charge in [0.25, 0.3) is 0 Å². The number of alkyl halides is 3. The molecule has 0 fully saturated rings. The first-order valence-corrected chi connectivity index (χ1v) is 5.84. The fourth-order valence-corrected chi connectivity index (χ4v) is 1.99. The molecular formula is C11H10F3N3S. The van der Waals surface area contributed by atoms with Gasteiger partial charge in [-0.15, -0.1) is 0 Å². The van der Waals surface area contributed by atoms with Crippen LogP contribution in [0.15, 0.2) is 24.4 Å². The van der Waals surface area contributed by atoms with Gasteiger partial charge < -0.3 is 11.1 Å². The number of halogens is 3. The molecule has 96 valence electrons. The van der Waals surface area contributed by atoms with E-state index < -0.39 is 11.7 Å². The molecular weight excluding hydrogens is 263 g/mol. The Kier molecular flexibility index (Phi) is 3.16. The molecule has 0 aliphatic heterocycles. The highest BCUT2D eigenvalue weighted by molar-refractivity contribution is 7.19. The fourth-order valence-electron chi connectivity index (χ4n) is 1.39. The van der Waals surface area contributed by atoms with Crippen LogP contribution in [-0.2, 0) is 6.18 Å². The summed E-state index contributed by atoms with van der Waals surface area (Å²) < 4.78 is 37.7. The van der Waals surface area contributed by atoms with Crippen molar-refractivity contribution in [3.63, 3.8) is 0 Å². The summed E-state index contributed by atoms with van der Waals surface area (Å²) in [5.41, 5.74) is 5.89. The predicted octanol–water partition coefficient (Wildman–Crippen LogP) is 3.80. The highest BCUT2D eigenvalue weighted by Gasteiger charge is 2.30. The zero-order chi connectivity index (χ0) is 13.3. The van der Waals surface area contributed by atoms with E-state index in [0.29, 0.717) is 21.4 Å². The van der Waals surface area contributed by atoms with Crippen molar-refractivity contribution in [2.45, 2.75) is 13.1 Å². The van der Waals surface area contributed by atoms with E-state index in [-0.39, 0.29) is 0 Å². The van der Waals surface area contributed by atoms with E-state index in [0.717, 1.165) is 12.1 Å². The zero-order valence-electron chi connectivity index (χ0n) is 9.38. The van der Waals surface area contributed by atoms with Crippen molar-refractivity contribution in [2.75, 3.05) is 11.1 Å². The molecule has 0 unspecified atom stereocenters. The molecule has 0 atom stereocenters. The van der Waals surface area contributed by atoms with Gasteiger partial charge in [0.15, 0.2) is 5.13 Å². The molecule has 3 N–H and O–H groups in total. The van der Waals surface area contributed by atoms with Crippen LogP contribution in [0.1, 0.15) is 11.1 Å². The number of nitrogens with zero attached hydrogens (tertiary/aromatic N) is 1. The molecule has 7 heteroatoms. The average Bonchev–Trinajstić information content (AvgIpc) is 2.66. The number of thiazole rings is 1. The highest BCUT2D eigenvalue weighted by Crippen LogP contribution is 2.33. The van der Waals surface area contributed by atoms with E-state index in [2.05, 4.69) is 10.3 Å². The number of hydrogen-bond donors (Lipinski definition) is 2. The molecule has 3 nitrogen and oxygen atoms in total. The summed E-state index contributed by atoms with van der Waals surface area (Å²) in [5.74, 6) is 0. The van der Waals surface area contributed by atoms with Crippen LogP contribution >= 0.6 is 11.3 Å². The van der Waals surface area contributed by atoms with Gasteiger partial charge in [0.2, 0.25) is 0 Å². The van der Waals surface area contributed by atoms with Gasteiger partial charge in [-0.1, -0.05) is 17.4 Å². The maximum Gasteiger partial charge on any atom is 0.416 e. The minimum atomic E-state index is -4.36. The summed E-state index contributed by atoms with van der Waals surface area (Å²) in [4.78, 5) is 3.95. The van der Waals surface area contributed by atoms with Crippen LogP contribution < -0.4 is 11.1 Å². The van der Waals surface area contributed by atoms with Crippen LogP contribution in [0.2, 0.25) is 0 Å². The third kappa shape index (κ3) is 2.73. The lowest BCUT2D eigenvalue weighted by molar-refractivity contribution is -0.137. The standard InChI is InChI=1S/C11H10F3N3S/c1-6-2-3-7(11(12,13)14)4-8(6)17-10-16-5-9(15)18-10/h2-5H,15H2,1H3,(H,16,17). The Balaban J connectivity index is 2.32. The molecule has 18 heavy (non-hydrogen) atoms. The molecule has 0 aliphatic rings. The van der Waals surface area contributed by atoms with Gasteiger partial charge in [-0.2, -0.15) is 13.2 Å². The lowest BCUT2D eigenvalue weighted by Crippen LogP contribution is -2.06. The number of rotatable bonds is 2. The van der Waals surface area contributed by atoms with Gasteiger partial charge in [0.1, 0.15) is 5.00 Å². The molecule has 1 heterocycles. The molecule has 1 aromatic heterocycles. The Bertz CT molecular complexity index is 563. The molecule has 0 aliphatic carbocycles. The Morgan fingerprint density at radius 3 is 2.61 bits per heavy atom. The van der Waals surface area contributed by atoms with Crippen LogP contribution in [0.4, 0.5) is 29.0 Å². The van der Waals surface area contributed by atoms with E-state index in [9.17, 15) is 13.2 Å². The van der Waals surface area contributed by atoms with E-state index in [1.807, 2.05) is 0 Å². The van der Waals surface area contributed by atoms with Crippen molar-refractivity contribution >= 4 is 27.2 Å². The minimum Gasteiger partial charge on any atom is -0.389 e. The van der Waals surface area contributed by atoms with Gasteiger partial charge in [0, 0.05) is 5.69 Å². The van der Waals surface area contributed by atoms with Crippen LogP contribution in [-0.4, -0.2) is 4.98 Å². The molecule has 0 amide bonds. The number of aromatic nitrogens is 1. The van der Waals surface area contributed by atoms with Crippen molar-refractivity contribution in [1.82, 2.24) is 4.98 Å². The van der Waals surface area contributed by atoms with Crippen molar-refractivity contribution in [1.29, 1.82) is 0 Å². The van der Waals surface area contributed by atoms with Crippen molar-refractivity contribution in [2.24, 2.45) is 0 Å². The lowest BCUT2D eigenvalue weighted by Gasteiger charge is -2.11. The maximum atomic E-state index is 12.6. The van der Waals surface area contributed by atoms with Crippen LogP contribution in [0.5, 0.6) is 0 Å². The number of aryl methyl sites for hydroxylation is 1. The van der Waals surface area contributed by atoms with Gasteiger partial charge in [0.05, 0.1) is 11.8 Å². The molecule has 2 aromatic rings. The Morgan fingerprint density at radius 2 is 2.06 bits per heavy atom. The Morgan fingerprint density at radius 1 is 1.33 bits per heavy atom. The quantitative estimate of drug-likeness (QED) is 0.875. The second-order valence-corrected chi connectivity index (χ2v) is 4.78. The number of hydrogen-bond acceptors (Lipinski definition) is 4. The molecule has 0 spiro atoms. The van der Waals surface area contributed by atoms with Gasteiger partial charge in [-0.05, 0) is 24.6 Å². The van der Waals surface area contributed by atoms with E-state index >= 15 is 0 Å². The van der Waals surface area contributed by atoms with Crippen molar-refractivity contribution < 1.29 is 13.2 Å². The molecule has 0 radical (unpaired) electrons. The predicted molar refractivity (Wildman–Crippen MR) is 66.0 cm³/mol. The summed E-state index contributed by atoms with van der Waals surface area (Å²) in [6, 6.07) is 3.53. The van der Waals surface area contributed by atoms with Crippen molar-refractivity contribution in [3.8, 4) is 0 Å². The first-order valence-electron chi connectivity index (χ1n) is 5.02. The highest BCUT2D eigenvalue weighted by atomic mass is 32.1. The number of anilines is 3. The third-order valence-corrected chi connectivity index (χ3v) is 3.07. The molecule has 1 aromatic carbocycles. The lowest BCUT2D eigenvalue weighted by atomic mass is 10.1. The number of benzene rings is 1. The van der Waals surface area contributed by atoms with E-state index in [1.165, 1.54) is 23.6 Å². The molecule has 2 rings (SSSR count). The Labute approximate surface area is 105 Å². The summed E-state index contributed by atoms with van der Waals surface area (Å²) in [5, 5.41) is 3.80. The van der Waals surface area contributed by atoms with E-state index in [4.69, 9.17) is 5.73 Å². The smallest absolute Gasteiger partial charge is 0.389 e. The zero-order valence-corrected chi connectivity index (χ0v) is 10.2. The second kappa shape index (κ2) is 4.49. The minimum absolute atomic E-state index is 0.374. The van der Waals surface area contributed by atoms with Crippen molar-refractivity contribution in [3.05, 3.63) is 35.5 Å².